The van der Waals surface area contributed by atoms with Gasteiger partial charge in [-0.05, 0) is 12.8 Å². The Morgan fingerprint density at radius 3 is 1.29 bits per heavy atom. The Balaban J connectivity index is 3.15. The Bertz CT molecular complexity index is 165. The van der Waals surface area contributed by atoms with Gasteiger partial charge in [0, 0.05) is 12.8 Å². The smallest absolute Gasteiger partial charge is 0.336 e. The number of aliphatic hydroxyl groups is 1. The van der Waals surface area contributed by atoms with E-state index in [2.05, 4.69) is 0 Å². The minimum absolute atomic E-state index is 0.137. The second kappa shape index (κ2) is 7.84. The van der Waals surface area contributed by atoms with Crippen LogP contribution in [0.1, 0.15) is 57.8 Å². The van der Waals surface area contributed by atoms with E-state index in [1.54, 1.807) is 0 Å². The minimum atomic E-state index is -4.08. The molecule has 0 aromatic rings. The maximum Gasteiger partial charge on any atom is 0.389 e. The Morgan fingerprint density at radius 2 is 0.941 bits per heavy atom. The van der Waals surface area contributed by atoms with Crippen LogP contribution in [0.15, 0.2) is 0 Å². The summed E-state index contributed by atoms with van der Waals surface area (Å²) >= 11 is 0. The second-order valence-electron chi connectivity index (χ2n) is 4.26. The third kappa shape index (κ3) is 15.6. The van der Waals surface area contributed by atoms with Crippen LogP contribution in [-0.2, 0) is 0 Å². The van der Waals surface area contributed by atoms with Crippen LogP contribution in [-0.4, -0.2) is 17.4 Å². The average molecular weight is 262 g/mol. The van der Waals surface area contributed by atoms with E-state index in [0.29, 0.717) is 19.3 Å². The van der Waals surface area contributed by atoms with Crippen LogP contribution < -0.4 is 0 Å². The van der Waals surface area contributed by atoms with Crippen LogP contribution >= 0.6 is 0 Å². The molecule has 0 rings (SSSR count). The Labute approximate surface area is 98.0 Å². The fourth-order valence-electron chi connectivity index (χ4n) is 1.55. The summed E-state index contributed by atoms with van der Waals surface area (Å²) in [4.78, 5) is 0. The van der Waals surface area contributed by atoms with Gasteiger partial charge in [0.2, 0.25) is 0 Å². The number of hydrogen-bond donors (Lipinski definition) is 1. The number of unbranched alkanes of at least 4 members (excludes halogenated alkanes) is 6. The van der Waals surface area contributed by atoms with E-state index in [1.807, 2.05) is 0 Å². The van der Waals surface area contributed by atoms with Gasteiger partial charge >= 0.3 is 12.3 Å². The van der Waals surface area contributed by atoms with Gasteiger partial charge in [0.05, 0.1) is 0 Å². The van der Waals surface area contributed by atoms with Gasteiger partial charge in [0.15, 0.2) is 0 Å². The normalized spacial score (nSPS) is 13.1. The van der Waals surface area contributed by atoms with E-state index in [0.717, 1.165) is 12.8 Å². The Hall–Kier alpha value is -0.390. The molecule has 1 nitrogen and oxygen atoms in total. The molecule has 0 aromatic carbocycles. The first-order valence-electron chi connectivity index (χ1n) is 5.88. The first-order valence-corrected chi connectivity index (χ1v) is 5.88. The third-order valence-electron chi connectivity index (χ3n) is 2.44. The van der Waals surface area contributed by atoms with Crippen LogP contribution in [0, 0.1) is 0 Å². The molecule has 0 aliphatic rings. The lowest BCUT2D eigenvalue weighted by Gasteiger charge is -2.08. The van der Waals surface area contributed by atoms with Gasteiger partial charge in [-0.3, -0.25) is 0 Å². The van der Waals surface area contributed by atoms with Gasteiger partial charge in [0.25, 0.3) is 0 Å². The lowest BCUT2D eigenvalue weighted by atomic mass is 10.1. The maximum atomic E-state index is 12.0. The molecule has 0 saturated heterocycles. The molecule has 0 spiro atoms. The van der Waals surface area contributed by atoms with Crippen molar-refractivity contribution in [2.45, 2.75) is 70.1 Å². The van der Waals surface area contributed by atoms with Gasteiger partial charge in [-0.25, -0.2) is 0 Å². The predicted molar refractivity (Wildman–Crippen MR) is 54.8 cm³/mol. The molecule has 0 aliphatic carbocycles. The van der Waals surface area contributed by atoms with Crippen molar-refractivity contribution in [3.8, 4) is 0 Å². The van der Waals surface area contributed by atoms with Crippen LogP contribution in [0.2, 0.25) is 0 Å². The minimum Gasteiger partial charge on any atom is -0.336 e. The molecule has 104 valence electrons. The zero-order chi connectivity index (χ0) is 13.4. The molecular weight excluding hydrogens is 243 g/mol. The fraction of sp³-hybridized carbons (Fsp3) is 1.00. The first-order chi connectivity index (χ1) is 7.71. The highest BCUT2D eigenvalue weighted by Crippen LogP contribution is 2.23. The molecule has 0 amide bonds. The number of alkyl halides is 5. The van der Waals surface area contributed by atoms with E-state index in [-0.39, 0.29) is 12.8 Å². The molecule has 0 fully saturated rings. The van der Waals surface area contributed by atoms with Gasteiger partial charge in [-0.2, -0.15) is 22.0 Å². The molecule has 0 saturated carbocycles. The summed E-state index contributed by atoms with van der Waals surface area (Å²) in [7, 11) is 0. The van der Waals surface area contributed by atoms with Crippen LogP contribution in [0.3, 0.4) is 0 Å². The van der Waals surface area contributed by atoms with Gasteiger partial charge in [0.1, 0.15) is 0 Å². The summed E-state index contributed by atoms with van der Waals surface area (Å²) in [6.45, 7) is 0. The van der Waals surface area contributed by atoms with Crippen molar-refractivity contribution in [3.05, 3.63) is 0 Å². The summed E-state index contributed by atoms with van der Waals surface area (Å²) in [6, 6.07) is 0. The summed E-state index contributed by atoms with van der Waals surface area (Å²) < 4.78 is 59.2. The SMILES string of the molecule is OC(F)(F)CCCCCCCCCC(F)(F)F. The van der Waals surface area contributed by atoms with Gasteiger partial charge in [-0.1, -0.05) is 32.1 Å². The molecule has 0 unspecified atom stereocenters. The quantitative estimate of drug-likeness (QED) is 0.474. The zero-order valence-corrected chi connectivity index (χ0v) is 9.70. The number of hydrogen-bond acceptors (Lipinski definition) is 1. The first kappa shape index (κ1) is 16.6. The molecular formula is C11H19F5O. The topological polar surface area (TPSA) is 20.2 Å². The molecule has 6 heteroatoms. The molecule has 0 aromatic heterocycles. The summed E-state index contributed by atoms with van der Waals surface area (Å²) in [6.07, 6.45) is -5.29. The molecule has 0 radical (unpaired) electrons. The number of halogens is 5. The average Bonchev–Trinajstić information content (AvgIpc) is 2.11. The third-order valence-corrected chi connectivity index (χ3v) is 2.44. The zero-order valence-electron chi connectivity index (χ0n) is 9.70. The molecule has 0 heterocycles. The van der Waals surface area contributed by atoms with Crippen molar-refractivity contribution in [2.24, 2.45) is 0 Å². The van der Waals surface area contributed by atoms with Crippen molar-refractivity contribution in [1.82, 2.24) is 0 Å². The van der Waals surface area contributed by atoms with E-state index < -0.39 is 25.1 Å². The lowest BCUT2D eigenvalue weighted by Crippen LogP contribution is -2.13. The summed E-state index contributed by atoms with van der Waals surface area (Å²) in [5.41, 5.74) is 0. The van der Waals surface area contributed by atoms with E-state index in [1.165, 1.54) is 0 Å². The fourth-order valence-corrected chi connectivity index (χ4v) is 1.55. The molecule has 1 N–H and O–H groups in total. The van der Waals surface area contributed by atoms with Crippen molar-refractivity contribution in [1.29, 1.82) is 0 Å². The van der Waals surface area contributed by atoms with E-state index in [4.69, 9.17) is 5.11 Å². The predicted octanol–water partition coefficient (Wildman–Crippen LogP) is 4.64. The Morgan fingerprint density at radius 1 is 0.588 bits per heavy atom. The standard InChI is InChI=1S/C11H19F5O/c12-10(13,14)8-6-4-2-1-3-5-7-9-11(15,16)17/h17H,1-9H2. The van der Waals surface area contributed by atoms with Crippen molar-refractivity contribution >= 4 is 0 Å². The van der Waals surface area contributed by atoms with E-state index >= 15 is 0 Å². The van der Waals surface area contributed by atoms with E-state index in [9.17, 15) is 22.0 Å². The van der Waals surface area contributed by atoms with Gasteiger partial charge < -0.3 is 5.11 Å². The second-order valence-corrected chi connectivity index (χ2v) is 4.26. The van der Waals surface area contributed by atoms with Crippen molar-refractivity contribution < 1.29 is 27.1 Å². The highest BCUT2D eigenvalue weighted by molar-refractivity contribution is 4.53. The highest BCUT2D eigenvalue weighted by atomic mass is 19.4. The van der Waals surface area contributed by atoms with Crippen LogP contribution in [0.5, 0.6) is 0 Å². The van der Waals surface area contributed by atoms with Gasteiger partial charge in [-0.15, -0.1) is 0 Å². The van der Waals surface area contributed by atoms with Crippen molar-refractivity contribution in [2.75, 3.05) is 0 Å². The molecule has 0 bridgehead atoms. The van der Waals surface area contributed by atoms with Crippen LogP contribution in [0.25, 0.3) is 0 Å². The monoisotopic (exact) mass is 262 g/mol. The summed E-state index contributed by atoms with van der Waals surface area (Å²) in [5, 5.41) is 8.13. The largest absolute Gasteiger partial charge is 0.389 e. The maximum absolute atomic E-state index is 12.0. The summed E-state index contributed by atoms with van der Waals surface area (Å²) in [5.74, 6) is 0. The van der Waals surface area contributed by atoms with Crippen molar-refractivity contribution in [3.63, 3.8) is 0 Å². The molecule has 17 heavy (non-hydrogen) atoms. The lowest BCUT2D eigenvalue weighted by molar-refractivity contribution is -0.203. The molecule has 0 atom stereocenters. The Kier molecular flexibility index (Phi) is 7.66. The number of rotatable bonds is 9. The molecule has 0 aliphatic heterocycles. The highest BCUT2D eigenvalue weighted by Gasteiger charge is 2.25. The van der Waals surface area contributed by atoms with Crippen LogP contribution in [0.4, 0.5) is 22.0 Å².